The molecule has 1 aromatic carbocycles. The molecular weight excluding hydrogens is 328 g/mol. The molecule has 0 unspecified atom stereocenters. The molecule has 0 N–H and O–H groups in total. The second kappa shape index (κ2) is 9.72. The van der Waals surface area contributed by atoms with E-state index in [1.165, 1.54) is 5.56 Å². The minimum Gasteiger partial charge on any atom is -0.378 e. The van der Waals surface area contributed by atoms with Crippen LogP contribution in [0.15, 0.2) is 30.3 Å². The van der Waals surface area contributed by atoms with Crippen LogP contribution in [0.1, 0.15) is 37.7 Å². The Morgan fingerprint density at radius 2 is 1.62 bits per heavy atom. The lowest BCUT2D eigenvalue weighted by molar-refractivity contribution is -0.143. The minimum absolute atomic E-state index is 0.0789. The van der Waals surface area contributed by atoms with Crippen molar-refractivity contribution >= 4 is 11.8 Å². The Balaban J connectivity index is 1.33. The highest BCUT2D eigenvalue weighted by Crippen LogP contribution is 2.21. The van der Waals surface area contributed by atoms with Gasteiger partial charge in [-0.25, -0.2) is 0 Å². The zero-order valence-corrected chi connectivity index (χ0v) is 15.6. The van der Waals surface area contributed by atoms with E-state index < -0.39 is 0 Å². The number of ether oxygens (including phenoxy) is 1. The molecule has 2 heterocycles. The van der Waals surface area contributed by atoms with E-state index in [0.29, 0.717) is 32.7 Å². The molecule has 0 saturated carbocycles. The lowest BCUT2D eigenvalue weighted by Gasteiger charge is -2.35. The van der Waals surface area contributed by atoms with E-state index in [1.807, 2.05) is 15.9 Å². The number of amides is 2. The average molecular weight is 358 g/mol. The summed E-state index contributed by atoms with van der Waals surface area (Å²) in [5, 5.41) is 0. The highest BCUT2D eigenvalue weighted by atomic mass is 16.5. The third kappa shape index (κ3) is 5.31. The fourth-order valence-electron chi connectivity index (χ4n) is 3.83. The van der Waals surface area contributed by atoms with Crippen molar-refractivity contribution in [2.45, 2.75) is 38.5 Å². The molecule has 0 spiro atoms. The van der Waals surface area contributed by atoms with Crippen molar-refractivity contribution in [3.63, 3.8) is 0 Å². The molecule has 0 aromatic heterocycles. The number of hydrogen-bond acceptors (Lipinski definition) is 3. The molecule has 1 aromatic rings. The van der Waals surface area contributed by atoms with Gasteiger partial charge in [-0.2, -0.15) is 0 Å². The molecule has 0 radical (unpaired) electrons. The highest BCUT2D eigenvalue weighted by molar-refractivity contribution is 5.80. The third-order valence-corrected chi connectivity index (χ3v) is 5.47. The van der Waals surface area contributed by atoms with Gasteiger partial charge in [0.05, 0.1) is 13.2 Å². The number of nitrogens with zero attached hydrogens (tertiary/aromatic N) is 2. The first-order valence-electron chi connectivity index (χ1n) is 9.92. The van der Waals surface area contributed by atoms with E-state index in [4.69, 9.17) is 4.74 Å². The number of benzene rings is 1. The molecule has 0 bridgehead atoms. The fourth-order valence-corrected chi connectivity index (χ4v) is 3.83. The van der Waals surface area contributed by atoms with E-state index in [2.05, 4.69) is 24.3 Å². The van der Waals surface area contributed by atoms with Gasteiger partial charge >= 0.3 is 0 Å². The Hall–Kier alpha value is -1.88. The van der Waals surface area contributed by atoms with Crippen LogP contribution < -0.4 is 0 Å². The molecule has 0 aliphatic carbocycles. The Bertz CT molecular complexity index is 576. The van der Waals surface area contributed by atoms with E-state index in [1.54, 1.807) is 0 Å². The van der Waals surface area contributed by atoms with Gasteiger partial charge in [0, 0.05) is 38.5 Å². The number of morpholine rings is 1. The maximum atomic E-state index is 12.5. The number of hydrogen-bond donors (Lipinski definition) is 0. The van der Waals surface area contributed by atoms with Crippen LogP contribution in [0.4, 0.5) is 0 Å². The van der Waals surface area contributed by atoms with E-state index in [-0.39, 0.29) is 17.7 Å². The SMILES string of the molecule is O=C(CCCCc1ccccc1)N1CCC(C(=O)N2CCOCC2)CC1. The first-order valence-corrected chi connectivity index (χ1v) is 9.92. The van der Waals surface area contributed by atoms with Crippen molar-refractivity contribution in [1.29, 1.82) is 0 Å². The summed E-state index contributed by atoms with van der Waals surface area (Å²) in [5.41, 5.74) is 1.34. The quantitative estimate of drug-likeness (QED) is 0.734. The summed E-state index contributed by atoms with van der Waals surface area (Å²) in [6.07, 6.45) is 5.22. The molecule has 2 amide bonds. The maximum absolute atomic E-state index is 12.5. The summed E-state index contributed by atoms with van der Waals surface area (Å²) in [4.78, 5) is 28.8. The summed E-state index contributed by atoms with van der Waals surface area (Å²) >= 11 is 0. The van der Waals surface area contributed by atoms with Crippen LogP contribution in [0.25, 0.3) is 0 Å². The normalized spacial score (nSPS) is 18.8. The van der Waals surface area contributed by atoms with Crippen molar-refractivity contribution in [3.05, 3.63) is 35.9 Å². The molecule has 2 saturated heterocycles. The summed E-state index contributed by atoms with van der Waals surface area (Å²) in [6, 6.07) is 10.4. The van der Waals surface area contributed by atoms with Crippen LogP contribution in [0.3, 0.4) is 0 Å². The van der Waals surface area contributed by atoms with Gasteiger partial charge < -0.3 is 14.5 Å². The second-order valence-electron chi connectivity index (χ2n) is 7.29. The second-order valence-corrected chi connectivity index (χ2v) is 7.29. The van der Waals surface area contributed by atoms with Crippen LogP contribution in [-0.4, -0.2) is 61.0 Å². The van der Waals surface area contributed by atoms with Crippen LogP contribution in [-0.2, 0) is 20.7 Å². The topological polar surface area (TPSA) is 49.9 Å². The minimum atomic E-state index is 0.0789. The van der Waals surface area contributed by atoms with Gasteiger partial charge in [0.1, 0.15) is 0 Å². The Morgan fingerprint density at radius 1 is 0.923 bits per heavy atom. The van der Waals surface area contributed by atoms with Crippen LogP contribution >= 0.6 is 0 Å². The van der Waals surface area contributed by atoms with E-state index in [9.17, 15) is 9.59 Å². The monoisotopic (exact) mass is 358 g/mol. The first-order chi connectivity index (χ1) is 12.7. The fraction of sp³-hybridized carbons (Fsp3) is 0.619. The maximum Gasteiger partial charge on any atom is 0.225 e. The zero-order chi connectivity index (χ0) is 18.2. The molecule has 26 heavy (non-hydrogen) atoms. The average Bonchev–Trinajstić information content (AvgIpc) is 2.72. The molecule has 2 fully saturated rings. The predicted octanol–water partition coefficient (Wildman–Crippen LogP) is 2.50. The van der Waals surface area contributed by atoms with Crippen LogP contribution in [0.5, 0.6) is 0 Å². The Labute approximate surface area is 156 Å². The number of rotatable bonds is 6. The summed E-state index contributed by atoms with van der Waals surface area (Å²) < 4.78 is 5.31. The molecule has 5 nitrogen and oxygen atoms in total. The summed E-state index contributed by atoms with van der Waals surface area (Å²) in [7, 11) is 0. The lowest BCUT2D eigenvalue weighted by Crippen LogP contribution is -2.47. The molecule has 3 rings (SSSR count). The smallest absolute Gasteiger partial charge is 0.225 e. The van der Waals surface area contributed by atoms with Gasteiger partial charge in [0.25, 0.3) is 0 Å². The molecule has 5 heteroatoms. The molecule has 0 atom stereocenters. The van der Waals surface area contributed by atoms with Crippen molar-refractivity contribution < 1.29 is 14.3 Å². The highest BCUT2D eigenvalue weighted by Gasteiger charge is 2.30. The van der Waals surface area contributed by atoms with Gasteiger partial charge in [0.15, 0.2) is 0 Å². The number of aryl methyl sites for hydroxylation is 1. The Kier molecular flexibility index (Phi) is 7.06. The van der Waals surface area contributed by atoms with Gasteiger partial charge in [-0.05, 0) is 37.7 Å². The molecular formula is C21H30N2O3. The van der Waals surface area contributed by atoms with Gasteiger partial charge in [0.2, 0.25) is 11.8 Å². The van der Waals surface area contributed by atoms with Gasteiger partial charge in [-0.15, -0.1) is 0 Å². The van der Waals surface area contributed by atoms with Crippen molar-refractivity contribution in [2.24, 2.45) is 5.92 Å². The Morgan fingerprint density at radius 3 is 2.31 bits per heavy atom. The molecule has 2 aliphatic rings. The molecule has 2 aliphatic heterocycles. The van der Waals surface area contributed by atoms with Crippen molar-refractivity contribution in [1.82, 2.24) is 9.80 Å². The zero-order valence-electron chi connectivity index (χ0n) is 15.6. The van der Waals surface area contributed by atoms with Crippen LogP contribution in [0.2, 0.25) is 0 Å². The number of carbonyl (C=O) groups is 2. The van der Waals surface area contributed by atoms with Crippen molar-refractivity contribution in [2.75, 3.05) is 39.4 Å². The van der Waals surface area contributed by atoms with Gasteiger partial charge in [-0.3, -0.25) is 9.59 Å². The van der Waals surface area contributed by atoms with E-state index in [0.717, 1.165) is 45.2 Å². The van der Waals surface area contributed by atoms with E-state index >= 15 is 0 Å². The van der Waals surface area contributed by atoms with Gasteiger partial charge in [-0.1, -0.05) is 30.3 Å². The third-order valence-electron chi connectivity index (χ3n) is 5.47. The van der Waals surface area contributed by atoms with Crippen molar-refractivity contribution in [3.8, 4) is 0 Å². The number of unbranched alkanes of at least 4 members (excludes halogenated alkanes) is 1. The largest absolute Gasteiger partial charge is 0.378 e. The predicted molar refractivity (Wildman–Crippen MR) is 101 cm³/mol. The van der Waals surface area contributed by atoms with Crippen LogP contribution in [0, 0.1) is 5.92 Å². The lowest BCUT2D eigenvalue weighted by atomic mass is 9.94. The first kappa shape index (κ1) is 18.9. The summed E-state index contributed by atoms with van der Waals surface area (Å²) in [5.74, 6) is 0.578. The number of carbonyl (C=O) groups excluding carboxylic acids is 2. The number of likely N-dealkylation sites (tertiary alicyclic amines) is 1. The molecule has 142 valence electrons. The standard InChI is InChI=1S/C21H30N2O3/c24-20(9-5-4-8-18-6-2-1-3-7-18)22-12-10-19(11-13-22)21(25)23-14-16-26-17-15-23/h1-3,6-7,19H,4-5,8-17H2. The number of piperidine rings is 1. The summed E-state index contributed by atoms with van der Waals surface area (Å²) in [6.45, 7) is 4.15.